The molecule has 0 aliphatic heterocycles. The predicted octanol–water partition coefficient (Wildman–Crippen LogP) is 2.39. The molecule has 6 nitrogen and oxygen atoms in total. The molecule has 6 heteroatoms. The Hall–Kier alpha value is -3.02. The number of carbonyl (C=O) groups excluding carboxylic acids is 2. The van der Waals surface area contributed by atoms with Crippen molar-refractivity contribution in [1.29, 1.82) is 0 Å². The first-order valence-corrected chi connectivity index (χ1v) is 7.12. The van der Waals surface area contributed by atoms with Gasteiger partial charge in [-0.05, 0) is 43.3 Å². The number of anilines is 2. The quantitative estimate of drug-likeness (QED) is 0.849. The van der Waals surface area contributed by atoms with Gasteiger partial charge in [-0.15, -0.1) is 0 Å². The van der Waals surface area contributed by atoms with E-state index in [1.54, 1.807) is 36.4 Å². The zero-order chi connectivity index (χ0) is 16.8. The number of likely N-dealkylation sites (N-methyl/N-ethyl adjacent to an activating group) is 1. The molecule has 0 atom stereocenters. The Morgan fingerprint density at radius 2 is 1.78 bits per heavy atom. The van der Waals surface area contributed by atoms with Gasteiger partial charge >= 0.3 is 11.8 Å². The molecule has 0 unspecified atom stereocenters. The molecular weight excluding hydrogens is 296 g/mol. The van der Waals surface area contributed by atoms with E-state index in [4.69, 9.17) is 4.74 Å². The molecule has 0 saturated carbocycles. The minimum atomic E-state index is -0.771. The van der Waals surface area contributed by atoms with Crippen LogP contribution in [0.15, 0.2) is 48.5 Å². The molecule has 0 aliphatic rings. The van der Waals surface area contributed by atoms with E-state index in [1.165, 1.54) is 24.1 Å². The second-order valence-electron chi connectivity index (χ2n) is 4.76. The second-order valence-corrected chi connectivity index (χ2v) is 4.76. The van der Waals surface area contributed by atoms with E-state index in [1.807, 2.05) is 6.92 Å². The van der Waals surface area contributed by atoms with Gasteiger partial charge < -0.3 is 20.1 Å². The maximum atomic E-state index is 12.2. The highest BCUT2D eigenvalue weighted by atomic mass is 16.5. The molecule has 0 saturated heterocycles. The molecule has 2 aromatic rings. The maximum absolute atomic E-state index is 12.2. The maximum Gasteiger partial charge on any atom is 0.316 e. The molecule has 0 spiro atoms. The zero-order valence-electron chi connectivity index (χ0n) is 12.9. The van der Waals surface area contributed by atoms with Gasteiger partial charge in [-0.25, -0.2) is 0 Å². The Morgan fingerprint density at radius 3 is 2.43 bits per heavy atom. The molecular formula is C17H18N2O4. The molecule has 0 aromatic heterocycles. The number of aromatic hydroxyl groups is 1. The minimum Gasteiger partial charge on any atom is -0.508 e. The van der Waals surface area contributed by atoms with Crippen LogP contribution in [0.3, 0.4) is 0 Å². The summed E-state index contributed by atoms with van der Waals surface area (Å²) < 4.78 is 5.41. The van der Waals surface area contributed by atoms with Gasteiger partial charge in [-0.2, -0.15) is 0 Å². The molecule has 0 bridgehead atoms. The van der Waals surface area contributed by atoms with Crippen LogP contribution in [-0.4, -0.2) is 30.6 Å². The molecule has 0 radical (unpaired) electrons. The molecule has 120 valence electrons. The van der Waals surface area contributed by atoms with Crippen molar-refractivity contribution >= 4 is 23.2 Å². The van der Waals surface area contributed by atoms with Gasteiger partial charge in [0, 0.05) is 12.7 Å². The van der Waals surface area contributed by atoms with E-state index < -0.39 is 11.8 Å². The van der Waals surface area contributed by atoms with E-state index in [0.717, 1.165) is 0 Å². The van der Waals surface area contributed by atoms with Crippen molar-refractivity contribution in [2.24, 2.45) is 0 Å². The normalized spacial score (nSPS) is 10.0. The van der Waals surface area contributed by atoms with E-state index in [0.29, 0.717) is 23.7 Å². The van der Waals surface area contributed by atoms with Crippen molar-refractivity contribution in [2.45, 2.75) is 6.92 Å². The monoisotopic (exact) mass is 314 g/mol. The van der Waals surface area contributed by atoms with Crippen LogP contribution >= 0.6 is 0 Å². The van der Waals surface area contributed by atoms with Crippen LogP contribution in [0.4, 0.5) is 11.4 Å². The van der Waals surface area contributed by atoms with Gasteiger partial charge in [0.25, 0.3) is 0 Å². The lowest BCUT2D eigenvalue weighted by Gasteiger charge is -2.17. The smallest absolute Gasteiger partial charge is 0.316 e. The number of rotatable bonds is 4. The number of phenols is 1. The number of benzene rings is 2. The Kier molecular flexibility index (Phi) is 5.19. The van der Waals surface area contributed by atoms with Crippen LogP contribution in [-0.2, 0) is 9.59 Å². The zero-order valence-corrected chi connectivity index (χ0v) is 12.9. The van der Waals surface area contributed by atoms with E-state index in [9.17, 15) is 14.7 Å². The summed E-state index contributed by atoms with van der Waals surface area (Å²) in [6.07, 6.45) is 0. The van der Waals surface area contributed by atoms with Crippen LogP contribution in [0.2, 0.25) is 0 Å². The van der Waals surface area contributed by atoms with Gasteiger partial charge in [0.2, 0.25) is 0 Å². The Balaban J connectivity index is 2.11. The van der Waals surface area contributed by atoms with Crippen molar-refractivity contribution < 1.29 is 19.4 Å². The number of amides is 2. The summed E-state index contributed by atoms with van der Waals surface area (Å²) in [7, 11) is 1.49. The van der Waals surface area contributed by atoms with Crippen LogP contribution in [0.25, 0.3) is 0 Å². The molecule has 0 fully saturated rings. The molecule has 2 rings (SSSR count). The third kappa shape index (κ3) is 4.00. The molecule has 2 N–H and O–H groups in total. The number of para-hydroxylation sites is 2. The predicted molar refractivity (Wildman–Crippen MR) is 87.8 cm³/mol. The third-order valence-electron chi connectivity index (χ3n) is 3.17. The van der Waals surface area contributed by atoms with Crippen LogP contribution in [0.1, 0.15) is 6.92 Å². The van der Waals surface area contributed by atoms with Gasteiger partial charge in [-0.3, -0.25) is 9.59 Å². The lowest BCUT2D eigenvalue weighted by Crippen LogP contribution is -2.37. The average Bonchev–Trinajstić information content (AvgIpc) is 2.56. The highest BCUT2D eigenvalue weighted by Gasteiger charge is 2.21. The summed E-state index contributed by atoms with van der Waals surface area (Å²) in [5, 5.41) is 11.8. The molecule has 2 amide bonds. The highest BCUT2D eigenvalue weighted by Crippen LogP contribution is 2.24. The van der Waals surface area contributed by atoms with Gasteiger partial charge in [-0.1, -0.05) is 12.1 Å². The van der Waals surface area contributed by atoms with Crippen molar-refractivity contribution in [1.82, 2.24) is 0 Å². The van der Waals surface area contributed by atoms with Crippen molar-refractivity contribution in [3.05, 3.63) is 48.5 Å². The Morgan fingerprint density at radius 1 is 1.13 bits per heavy atom. The lowest BCUT2D eigenvalue weighted by molar-refractivity contribution is -0.134. The number of ether oxygens (including phenoxy) is 1. The number of nitrogens with one attached hydrogen (secondary N) is 1. The first-order valence-electron chi connectivity index (χ1n) is 7.12. The van der Waals surface area contributed by atoms with Crippen molar-refractivity contribution in [2.75, 3.05) is 23.9 Å². The van der Waals surface area contributed by atoms with Crippen molar-refractivity contribution in [3.63, 3.8) is 0 Å². The largest absolute Gasteiger partial charge is 0.508 e. The van der Waals surface area contributed by atoms with E-state index >= 15 is 0 Å². The van der Waals surface area contributed by atoms with E-state index in [2.05, 4.69) is 5.32 Å². The molecule has 23 heavy (non-hydrogen) atoms. The summed E-state index contributed by atoms with van der Waals surface area (Å²) in [5.74, 6) is -0.900. The fourth-order valence-electron chi connectivity index (χ4n) is 1.97. The third-order valence-corrected chi connectivity index (χ3v) is 3.17. The fourth-order valence-corrected chi connectivity index (χ4v) is 1.97. The fraction of sp³-hybridized carbons (Fsp3) is 0.176. The first kappa shape index (κ1) is 16.4. The standard InChI is InChI=1S/C17H18N2O4/c1-3-23-15-7-5-4-6-14(15)18-16(21)17(22)19(2)12-8-10-13(20)11-9-12/h4-11,20H,3H2,1-2H3,(H,18,21). The summed E-state index contributed by atoms with van der Waals surface area (Å²) in [6.45, 7) is 2.29. The number of nitrogens with zero attached hydrogens (tertiary/aromatic N) is 1. The number of hydrogen-bond acceptors (Lipinski definition) is 4. The lowest BCUT2D eigenvalue weighted by atomic mass is 10.2. The molecule has 2 aromatic carbocycles. The van der Waals surface area contributed by atoms with Gasteiger partial charge in [0.15, 0.2) is 0 Å². The van der Waals surface area contributed by atoms with Crippen LogP contribution in [0.5, 0.6) is 11.5 Å². The SMILES string of the molecule is CCOc1ccccc1NC(=O)C(=O)N(C)c1ccc(O)cc1. The highest BCUT2D eigenvalue weighted by molar-refractivity contribution is 6.44. The van der Waals surface area contributed by atoms with Crippen LogP contribution in [0, 0.1) is 0 Å². The van der Waals surface area contributed by atoms with Gasteiger partial charge in [0.05, 0.1) is 12.3 Å². The topological polar surface area (TPSA) is 78.9 Å². The number of hydrogen-bond donors (Lipinski definition) is 2. The molecule has 0 aliphatic carbocycles. The van der Waals surface area contributed by atoms with Gasteiger partial charge in [0.1, 0.15) is 11.5 Å². The minimum absolute atomic E-state index is 0.0877. The average molecular weight is 314 g/mol. The molecule has 0 heterocycles. The summed E-state index contributed by atoms with van der Waals surface area (Å²) in [5.41, 5.74) is 0.938. The Bertz CT molecular complexity index is 698. The summed E-state index contributed by atoms with van der Waals surface area (Å²) in [6, 6.07) is 12.9. The van der Waals surface area contributed by atoms with E-state index in [-0.39, 0.29) is 5.75 Å². The number of phenolic OH excluding ortho intramolecular Hbond substituents is 1. The van der Waals surface area contributed by atoms with Crippen LogP contribution < -0.4 is 15.0 Å². The second kappa shape index (κ2) is 7.31. The summed E-state index contributed by atoms with van der Waals surface area (Å²) >= 11 is 0. The van der Waals surface area contributed by atoms with Crippen molar-refractivity contribution in [3.8, 4) is 11.5 Å². The number of carbonyl (C=O) groups is 2. The summed E-state index contributed by atoms with van der Waals surface area (Å²) in [4.78, 5) is 25.6. The Labute approximate surface area is 134 Å². The first-order chi connectivity index (χ1) is 11.0.